The van der Waals surface area contributed by atoms with Crippen molar-refractivity contribution in [3.05, 3.63) is 35.9 Å². The SMILES string of the molecule is CC(C)(C)OC(=O)C1(O)C[C@@H](c2ccccc2)OO1. The predicted octanol–water partition coefficient (Wildman–Crippen LogP) is 2.11. The predicted molar refractivity (Wildman–Crippen MR) is 66.8 cm³/mol. The van der Waals surface area contributed by atoms with Crippen LogP contribution in [0.15, 0.2) is 30.3 Å². The number of benzene rings is 1. The van der Waals surface area contributed by atoms with Crippen molar-refractivity contribution in [3.8, 4) is 0 Å². The minimum Gasteiger partial charge on any atom is -0.456 e. The maximum atomic E-state index is 11.9. The fraction of sp³-hybridized carbons (Fsp3) is 0.500. The van der Waals surface area contributed by atoms with Crippen LogP contribution in [0.4, 0.5) is 0 Å². The zero-order valence-corrected chi connectivity index (χ0v) is 11.3. The van der Waals surface area contributed by atoms with Crippen molar-refractivity contribution in [3.63, 3.8) is 0 Å². The van der Waals surface area contributed by atoms with Crippen molar-refractivity contribution in [1.82, 2.24) is 0 Å². The lowest BCUT2D eigenvalue weighted by Crippen LogP contribution is -2.42. The molecule has 0 aliphatic carbocycles. The molecule has 2 rings (SSSR count). The molecule has 0 aromatic heterocycles. The highest BCUT2D eigenvalue weighted by Crippen LogP contribution is 2.37. The quantitative estimate of drug-likeness (QED) is 0.656. The minimum atomic E-state index is -2.05. The Kier molecular flexibility index (Phi) is 3.62. The molecule has 1 aromatic rings. The van der Waals surface area contributed by atoms with Crippen LogP contribution in [0.5, 0.6) is 0 Å². The van der Waals surface area contributed by atoms with Gasteiger partial charge in [-0.1, -0.05) is 30.3 Å². The third-order valence-electron chi connectivity index (χ3n) is 2.65. The molecule has 0 bridgehead atoms. The number of aliphatic hydroxyl groups is 1. The van der Waals surface area contributed by atoms with Gasteiger partial charge in [0.2, 0.25) is 0 Å². The Hall–Kier alpha value is -1.43. The Morgan fingerprint density at radius 3 is 2.58 bits per heavy atom. The molecule has 1 aliphatic heterocycles. The molecule has 5 heteroatoms. The second kappa shape index (κ2) is 4.92. The first kappa shape index (κ1) is 14.0. The van der Waals surface area contributed by atoms with Crippen LogP contribution in [0.25, 0.3) is 0 Å². The average molecular weight is 266 g/mol. The van der Waals surface area contributed by atoms with Crippen molar-refractivity contribution in [2.75, 3.05) is 0 Å². The maximum absolute atomic E-state index is 11.9. The van der Waals surface area contributed by atoms with Gasteiger partial charge in [-0.15, -0.1) is 0 Å². The molecule has 1 aliphatic rings. The third kappa shape index (κ3) is 3.32. The molecule has 1 N–H and O–H groups in total. The van der Waals surface area contributed by atoms with E-state index in [0.29, 0.717) is 0 Å². The van der Waals surface area contributed by atoms with E-state index in [1.807, 2.05) is 30.3 Å². The second-order valence-corrected chi connectivity index (χ2v) is 5.57. The van der Waals surface area contributed by atoms with E-state index in [4.69, 9.17) is 14.5 Å². The van der Waals surface area contributed by atoms with Crippen LogP contribution in [0.2, 0.25) is 0 Å². The van der Waals surface area contributed by atoms with Crippen LogP contribution >= 0.6 is 0 Å². The number of hydrogen-bond acceptors (Lipinski definition) is 5. The highest BCUT2D eigenvalue weighted by atomic mass is 17.2. The molecule has 104 valence electrons. The van der Waals surface area contributed by atoms with Gasteiger partial charge >= 0.3 is 11.8 Å². The summed E-state index contributed by atoms with van der Waals surface area (Å²) < 4.78 is 5.11. The van der Waals surface area contributed by atoms with Gasteiger partial charge < -0.3 is 9.84 Å². The van der Waals surface area contributed by atoms with Gasteiger partial charge in [-0.2, -0.15) is 4.89 Å². The van der Waals surface area contributed by atoms with Crippen molar-refractivity contribution in [2.45, 2.75) is 44.7 Å². The van der Waals surface area contributed by atoms with E-state index in [9.17, 15) is 9.90 Å². The van der Waals surface area contributed by atoms with E-state index in [1.54, 1.807) is 20.8 Å². The minimum absolute atomic E-state index is 0.00588. The van der Waals surface area contributed by atoms with Crippen molar-refractivity contribution < 1.29 is 24.4 Å². The Morgan fingerprint density at radius 2 is 2.00 bits per heavy atom. The Morgan fingerprint density at radius 1 is 1.37 bits per heavy atom. The number of hydrogen-bond donors (Lipinski definition) is 1. The average Bonchev–Trinajstić information content (AvgIpc) is 2.72. The van der Waals surface area contributed by atoms with Gasteiger partial charge in [-0.05, 0) is 26.3 Å². The molecular formula is C14H18O5. The van der Waals surface area contributed by atoms with Crippen molar-refractivity contribution >= 4 is 5.97 Å². The lowest BCUT2D eigenvalue weighted by molar-refractivity contribution is -0.371. The van der Waals surface area contributed by atoms with Gasteiger partial charge in [0.1, 0.15) is 11.7 Å². The number of carbonyl (C=O) groups is 1. The summed E-state index contributed by atoms with van der Waals surface area (Å²) >= 11 is 0. The summed E-state index contributed by atoms with van der Waals surface area (Å²) in [5.41, 5.74) is 0.142. The van der Waals surface area contributed by atoms with Gasteiger partial charge in [-0.25, -0.2) is 9.68 Å². The molecule has 0 amide bonds. The largest absolute Gasteiger partial charge is 0.456 e. The fourth-order valence-corrected chi connectivity index (χ4v) is 1.77. The Bertz CT molecular complexity index is 451. The number of carbonyl (C=O) groups excluding carboxylic acids is 1. The van der Waals surface area contributed by atoms with E-state index in [2.05, 4.69) is 0 Å². The molecule has 2 atom stereocenters. The lowest BCUT2D eigenvalue weighted by atomic mass is 10.0. The normalized spacial score (nSPS) is 27.3. The van der Waals surface area contributed by atoms with Crippen LogP contribution < -0.4 is 0 Å². The second-order valence-electron chi connectivity index (χ2n) is 5.57. The van der Waals surface area contributed by atoms with Gasteiger partial charge in [0.25, 0.3) is 0 Å². The molecular weight excluding hydrogens is 248 g/mol. The molecule has 0 saturated carbocycles. The summed E-state index contributed by atoms with van der Waals surface area (Å²) in [6.07, 6.45) is -0.481. The number of rotatable bonds is 2. The molecule has 1 heterocycles. The van der Waals surface area contributed by atoms with Crippen LogP contribution in [0, 0.1) is 0 Å². The molecule has 1 saturated heterocycles. The van der Waals surface area contributed by atoms with Gasteiger partial charge in [0, 0.05) is 6.42 Å². The van der Waals surface area contributed by atoms with E-state index in [1.165, 1.54) is 0 Å². The molecule has 0 spiro atoms. The Balaban J connectivity index is 2.06. The fourth-order valence-electron chi connectivity index (χ4n) is 1.77. The summed E-state index contributed by atoms with van der Waals surface area (Å²) in [4.78, 5) is 21.7. The highest BCUT2D eigenvalue weighted by molar-refractivity contribution is 5.78. The van der Waals surface area contributed by atoms with Gasteiger partial charge in [0.15, 0.2) is 0 Å². The number of ether oxygens (including phenoxy) is 1. The molecule has 19 heavy (non-hydrogen) atoms. The summed E-state index contributed by atoms with van der Waals surface area (Å²) in [7, 11) is 0. The molecule has 1 fully saturated rings. The van der Waals surface area contributed by atoms with Gasteiger partial charge in [0.05, 0.1) is 0 Å². The van der Waals surface area contributed by atoms with Crippen LogP contribution in [-0.4, -0.2) is 22.5 Å². The van der Waals surface area contributed by atoms with Crippen molar-refractivity contribution in [1.29, 1.82) is 0 Å². The van der Waals surface area contributed by atoms with Crippen LogP contribution in [-0.2, 0) is 19.3 Å². The zero-order valence-electron chi connectivity index (χ0n) is 11.3. The maximum Gasteiger partial charge on any atom is 0.370 e. The van der Waals surface area contributed by atoms with E-state index in [-0.39, 0.29) is 6.42 Å². The summed E-state index contributed by atoms with van der Waals surface area (Å²) in [5, 5.41) is 10.1. The first-order chi connectivity index (χ1) is 8.80. The van der Waals surface area contributed by atoms with E-state index >= 15 is 0 Å². The summed E-state index contributed by atoms with van der Waals surface area (Å²) in [5.74, 6) is -2.88. The standard InChI is InChI=1S/C14H18O5/c1-13(2,3)17-12(15)14(16)9-11(18-19-14)10-7-5-4-6-8-10/h4-8,11,16H,9H2,1-3H3/t11-,14?/m0/s1. The number of esters is 1. The monoisotopic (exact) mass is 266 g/mol. The zero-order chi connectivity index (χ0) is 14.1. The summed E-state index contributed by atoms with van der Waals surface area (Å²) in [6, 6.07) is 9.26. The summed E-state index contributed by atoms with van der Waals surface area (Å²) in [6.45, 7) is 5.16. The van der Waals surface area contributed by atoms with Crippen LogP contribution in [0.3, 0.4) is 0 Å². The molecule has 5 nitrogen and oxygen atoms in total. The van der Waals surface area contributed by atoms with Crippen molar-refractivity contribution in [2.24, 2.45) is 0 Å². The van der Waals surface area contributed by atoms with Crippen LogP contribution in [0.1, 0.15) is 38.9 Å². The van der Waals surface area contributed by atoms with E-state index < -0.39 is 23.5 Å². The smallest absolute Gasteiger partial charge is 0.370 e. The first-order valence-corrected chi connectivity index (χ1v) is 6.15. The highest BCUT2D eigenvalue weighted by Gasteiger charge is 2.50. The van der Waals surface area contributed by atoms with E-state index in [0.717, 1.165) is 5.56 Å². The van der Waals surface area contributed by atoms with Gasteiger partial charge in [-0.3, -0.25) is 0 Å². The lowest BCUT2D eigenvalue weighted by Gasteiger charge is -2.24. The molecule has 1 aromatic carbocycles. The Labute approximate surface area is 112 Å². The topological polar surface area (TPSA) is 65.0 Å². The first-order valence-electron chi connectivity index (χ1n) is 6.15. The molecule has 0 radical (unpaired) electrons. The third-order valence-corrected chi connectivity index (χ3v) is 2.65. The molecule has 1 unspecified atom stereocenters.